The fourth-order valence-corrected chi connectivity index (χ4v) is 2.67. The number of hydrogen-bond donors (Lipinski definition) is 1. The van der Waals surface area contributed by atoms with E-state index < -0.39 is 5.82 Å². The Morgan fingerprint density at radius 1 is 0.958 bits per heavy atom. The van der Waals surface area contributed by atoms with Crippen LogP contribution in [0.2, 0.25) is 5.02 Å². The van der Waals surface area contributed by atoms with Crippen LogP contribution in [0.25, 0.3) is 22.2 Å². The molecule has 4 aromatic rings. The zero-order valence-corrected chi connectivity index (χ0v) is 13.2. The van der Waals surface area contributed by atoms with E-state index in [-0.39, 0.29) is 5.75 Å². The second-order valence-electron chi connectivity index (χ2n) is 5.32. The van der Waals surface area contributed by atoms with Gasteiger partial charge in [-0.1, -0.05) is 35.9 Å². The van der Waals surface area contributed by atoms with Crippen molar-refractivity contribution in [3.8, 4) is 22.8 Å². The number of rotatable bonds is 3. The van der Waals surface area contributed by atoms with Gasteiger partial charge in [0.1, 0.15) is 5.75 Å². The third-order valence-electron chi connectivity index (χ3n) is 3.72. The summed E-state index contributed by atoms with van der Waals surface area (Å²) in [7, 11) is 0. The first-order valence-corrected chi connectivity index (χ1v) is 7.75. The van der Waals surface area contributed by atoms with Crippen LogP contribution in [-0.2, 0) is 0 Å². The number of H-pyrrole nitrogens is 1. The Bertz CT molecular complexity index is 1010. The average molecular weight is 339 g/mol. The van der Waals surface area contributed by atoms with Crippen molar-refractivity contribution < 1.29 is 9.13 Å². The van der Waals surface area contributed by atoms with E-state index in [0.29, 0.717) is 10.8 Å². The minimum atomic E-state index is -0.399. The minimum absolute atomic E-state index is 0.189. The number of nitrogens with zero attached hydrogens (tertiary/aromatic N) is 1. The van der Waals surface area contributed by atoms with Crippen molar-refractivity contribution in [2.24, 2.45) is 0 Å². The van der Waals surface area contributed by atoms with Gasteiger partial charge in [-0.2, -0.15) is 5.10 Å². The summed E-state index contributed by atoms with van der Waals surface area (Å²) in [6, 6.07) is 19.3. The molecule has 5 heteroatoms. The molecule has 1 N–H and O–H groups in total. The van der Waals surface area contributed by atoms with Gasteiger partial charge in [-0.05, 0) is 36.4 Å². The van der Waals surface area contributed by atoms with E-state index in [9.17, 15) is 4.39 Å². The number of benzene rings is 3. The Hall–Kier alpha value is -2.85. The number of hydrogen-bond acceptors (Lipinski definition) is 2. The summed E-state index contributed by atoms with van der Waals surface area (Å²) in [5, 5.41) is 8.98. The minimum Gasteiger partial charge on any atom is -0.454 e. The molecule has 3 aromatic carbocycles. The SMILES string of the molecule is Fc1ccccc1Oc1ccc2c(-c3ccc(Cl)cc3)n[nH]c2c1. The summed E-state index contributed by atoms with van der Waals surface area (Å²) in [6.45, 7) is 0. The molecule has 0 aliphatic carbocycles. The Labute approximate surface area is 142 Å². The maximum atomic E-state index is 13.7. The summed E-state index contributed by atoms with van der Waals surface area (Å²) in [4.78, 5) is 0. The standard InChI is InChI=1S/C19H12ClFN2O/c20-13-7-5-12(6-8-13)19-15-10-9-14(11-17(15)22-23-19)24-18-4-2-1-3-16(18)21/h1-11H,(H,22,23). The molecular formula is C19H12ClFN2O. The van der Waals surface area contributed by atoms with Crippen LogP contribution in [0.3, 0.4) is 0 Å². The van der Waals surface area contributed by atoms with Gasteiger partial charge < -0.3 is 4.74 Å². The zero-order valence-electron chi connectivity index (χ0n) is 12.5. The van der Waals surface area contributed by atoms with Crippen LogP contribution >= 0.6 is 11.6 Å². The molecule has 0 spiro atoms. The van der Waals surface area contributed by atoms with Crippen molar-refractivity contribution in [1.29, 1.82) is 0 Å². The lowest BCUT2D eigenvalue weighted by atomic mass is 10.1. The van der Waals surface area contributed by atoms with Crippen molar-refractivity contribution in [3.63, 3.8) is 0 Å². The van der Waals surface area contributed by atoms with Gasteiger partial charge in [0.25, 0.3) is 0 Å². The maximum Gasteiger partial charge on any atom is 0.165 e. The van der Waals surface area contributed by atoms with Gasteiger partial charge in [0.05, 0.1) is 11.2 Å². The number of aromatic amines is 1. The van der Waals surface area contributed by atoms with Crippen molar-refractivity contribution in [2.75, 3.05) is 0 Å². The number of nitrogens with one attached hydrogen (secondary N) is 1. The number of fused-ring (bicyclic) bond motifs is 1. The summed E-state index contributed by atoms with van der Waals surface area (Å²) in [5.41, 5.74) is 2.61. The van der Waals surface area contributed by atoms with Crippen LogP contribution in [0.1, 0.15) is 0 Å². The van der Waals surface area contributed by atoms with Gasteiger partial charge in [-0.15, -0.1) is 0 Å². The van der Waals surface area contributed by atoms with Crippen LogP contribution < -0.4 is 4.74 Å². The van der Waals surface area contributed by atoms with E-state index in [1.807, 2.05) is 30.3 Å². The zero-order chi connectivity index (χ0) is 16.5. The second kappa shape index (κ2) is 5.98. The molecule has 0 radical (unpaired) electrons. The molecule has 118 valence electrons. The summed E-state index contributed by atoms with van der Waals surface area (Å²) in [6.07, 6.45) is 0. The Kier molecular flexibility index (Phi) is 3.67. The van der Waals surface area contributed by atoms with Crippen molar-refractivity contribution >= 4 is 22.5 Å². The molecule has 0 amide bonds. The van der Waals surface area contributed by atoms with E-state index in [1.165, 1.54) is 6.07 Å². The second-order valence-corrected chi connectivity index (χ2v) is 5.76. The van der Waals surface area contributed by atoms with Crippen molar-refractivity contribution in [3.05, 3.63) is 77.6 Å². The Balaban J connectivity index is 1.70. The molecule has 0 unspecified atom stereocenters. The maximum absolute atomic E-state index is 13.7. The van der Waals surface area contributed by atoms with E-state index in [4.69, 9.17) is 16.3 Å². The summed E-state index contributed by atoms with van der Waals surface area (Å²) in [5.74, 6) is 0.331. The highest BCUT2D eigenvalue weighted by Crippen LogP contribution is 2.31. The molecule has 0 fully saturated rings. The fraction of sp³-hybridized carbons (Fsp3) is 0. The molecular weight excluding hydrogens is 327 g/mol. The predicted molar refractivity (Wildman–Crippen MR) is 93.0 cm³/mol. The normalized spacial score (nSPS) is 10.9. The number of aromatic nitrogens is 2. The molecule has 1 heterocycles. The van der Waals surface area contributed by atoms with Gasteiger partial charge in [0.2, 0.25) is 0 Å². The first-order chi connectivity index (χ1) is 11.7. The highest BCUT2D eigenvalue weighted by molar-refractivity contribution is 6.30. The molecule has 3 nitrogen and oxygen atoms in total. The van der Waals surface area contributed by atoms with Crippen LogP contribution in [0.4, 0.5) is 4.39 Å². The number of ether oxygens (including phenoxy) is 1. The smallest absolute Gasteiger partial charge is 0.165 e. The van der Waals surface area contributed by atoms with Gasteiger partial charge >= 0.3 is 0 Å². The van der Waals surface area contributed by atoms with E-state index in [1.54, 1.807) is 30.3 Å². The largest absolute Gasteiger partial charge is 0.454 e. The lowest BCUT2D eigenvalue weighted by molar-refractivity contribution is 0.443. The molecule has 4 rings (SSSR count). The Morgan fingerprint density at radius 3 is 2.54 bits per heavy atom. The van der Waals surface area contributed by atoms with Crippen LogP contribution in [0, 0.1) is 5.82 Å². The highest BCUT2D eigenvalue weighted by atomic mass is 35.5. The van der Waals surface area contributed by atoms with E-state index in [0.717, 1.165) is 22.2 Å². The van der Waals surface area contributed by atoms with Crippen LogP contribution in [0.15, 0.2) is 66.7 Å². The number of para-hydroxylation sites is 1. The third-order valence-corrected chi connectivity index (χ3v) is 3.97. The molecule has 0 saturated carbocycles. The van der Waals surface area contributed by atoms with Gasteiger partial charge in [0, 0.05) is 22.0 Å². The first kappa shape index (κ1) is 14.7. The molecule has 0 aliphatic heterocycles. The lowest BCUT2D eigenvalue weighted by Crippen LogP contribution is -1.87. The van der Waals surface area contributed by atoms with Gasteiger partial charge in [0.15, 0.2) is 11.6 Å². The van der Waals surface area contributed by atoms with Crippen LogP contribution in [-0.4, -0.2) is 10.2 Å². The monoisotopic (exact) mass is 338 g/mol. The fourth-order valence-electron chi connectivity index (χ4n) is 2.54. The summed E-state index contributed by atoms with van der Waals surface area (Å²) >= 11 is 5.93. The Morgan fingerprint density at radius 2 is 1.75 bits per heavy atom. The predicted octanol–water partition coefficient (Wildman–Crippen LogP) is 5.81. The first-order valence-electron chi connectivity index (χ1n) is 7.37. The summed E-state index contributed by atoms with van der Waals surface area (Å²) < 4.78 is 19.3. The quantitative estimate of drug-likeness (QED) is 0.511. The molecule has 0 atom stereocenters. The number of halogens is 2. The van der Waals surface area contributed by atoms with E-state index in [2.05, 4.69) is 10.2 Å². The molecule has 0 aliphatic rings. The van der Waals surface area contributed by atoms with Gasteiger partial charge in [-0.3, -0.25) is 5.10 Å². The third kappa shape index (κ3) is 2.72. The molecule has 24 heavy (non-hydrogen) atoms. The average Bonchev–Trinajstić information content (AvgIpc) is 3.01. The van der Waals surface area contributed by atoms with Crippen molar-refractivity contribution in [1.82, 2.24) is 10.2 Å². The highest BCUT2D eigenvalue weighted by Gasteiger charge is 2.10. The van der Waals surface area contributed by atoms with E-state index >= 15 is 0 Å². The molecule has 0 bridgehead atoms. The lowest BCUT2D eigenvalue weighted by Gasteiger charge is -2.06. The molecule has 1 aromatic heterocycles. The van der Waals surface area contributed by atoms with Gasteiger partial charge in [-0.25, -0.2) is 4.39 Å². The topological polar surface area (TPSA) is 37.9 Å². The van der Waals surface area contributed by atoms with Crippen molar-refractivity contribution in [2.45, 2.75) is 0 Å². The molecule has 0 saturated heterocycles. The van der Waals surface area contributed by atoms with Crippen LogP contribution in [0.5, 0.6) is 11.5 Å².